The summed E-state index contributed by atoms with van der Waals surface area (Å²) in [4.78, 5) is 42.6. The van der Waals surface area contributed by atoms with Gasteiger partial charge in [-0.05, 0) is 108 Å². The Morgan fingerprint density at radius 3 is 2.33 bits per heavy atom. The number of nitrogens with zero attached hydrogens (tertiary/aromatic N) is 2. The minimum Gasteiger partial charge on any atom is -0.371 e. The number of piperidine rings is 2. The first-order chi connectivity index (χ1) is 19.9. The van der Waals surface area contributed by atoms with Gasteiger partial charge in [-0.15, -0.1) is 0 Å². The van der Waals surface area contributed by atoms with Crippen molar-refractivity contribution in [3.05, 3.63) is 28.8 Å². The molecule has 2 saturated heterocycles. The maximum atomic E-state index is 13.8. The number of benzene rings is 1. The van der Waals surface area contributed by atoms with E-state index in [4.69, 9.17) is 0 Å². The summed E-state index contributed by atoms with van der Waals surface area (Å²) < 4.78 is 0. The van der Waals surface area contributed by atoms with Crippen molar-refractivity contribution in [2.75, 3.05) is 45.7 Å². The highest BCUT2D eigenvalue weighted by Gasteiger charge is 2.33. The molecule has 9 nitrogen and oxygen atoms in total. The quantitative estimate of drug-likeness (QED) is 0.357. The Bertz CT molecular complexity index is 1110. The fourth-order valence-electron chi connectivity index (χ4n) is 7.43. The molecule has 0 bridgehead atoms. The highest BCUT2D eigenvalue weighted by molar-refractivity contribution is 5.97. The lowest BCUT2D eigenvalue weighted by molar-refractivity contribution is -0.129. The topological polar surface area (TPSA) is 106 Å². The predicted octanol–water partition coefficient (Wildman–Crippen LogP) is 3.17. The van der Waals surface area contributed by atoms with Crippen LogP contribution in [0.25, 0.3) is 0 Å². The molecule has 1 saturated carbocycles. The van der Waals surface area contributed by atoms with E-state index in [1.807, 2.05) is 6.92 Å². The largest absolute Gasteiger partial charge is 0.371 e. The van der Waals surface area contributed by atoms with Crippen molar-refractivity contribution in [2.24, 2.45) is 11.8 Å². The molecule has 2 heterocycles. The Labute approximate surface area is 252 Å². The minimum absolute atomic E-state index is 0.0304. The standard InChI is InChI=1S/C33H54N6O3/c1-20-14-21(2)36-33(42)30(20)18-35-32(41)29-15-25(24-8-9-27(34-17-24)19-38(5)6)16-31(22(29)3)39(7)28-12-10-26(11-13-28)37-23(4)40/h15-16,20-21,24,26-28,30,34H,8-14,17-19H2,1-7H3,(H,35,41)(H,36,42)(H,37,40)/t20?,21?,24?,26-,27?,28+,30?. The molecule has 1 aromatic carbocycles. The number of carbonyl (C=O) groups excluding carboxylic acids is 3. The molecular weight excluding hydrogens is 528 g/mol. The second-order valence-electron chi connectivity index (χ2n) is 13.6. The van der Waals surface area contributed by atoms with Crippen LogP contribution in [0.2, 0.25) is 0 Å². The van der Waals surface area contributed by atoms with E-state index in [2.05, 4.69) is 78.2 Å². The van der Waals surface area contributed by atoms with Gasteiger partial charge in [-0.3, -0.25) is 14.4 Å². The van der Waals surface area contributed by atoms with E-state index in [9.17, 15) is 14.4 Å². The summed E-state index contributed by atoms with van der Waals surface area (Å²) in [5.41, 5.74) is 3.99. The van der Waals surface area contributed by atoms with E-state index in [0.717, 1.165) is 69.3 Å². The summed E-state index contributed by atoms with van der Waals surface area (Å²) in [6, 6.07) is 5.65. The van der Waals surface area contributed by atoms with Crippen LogP contribution in [0, 0.1) is 18.8 Å². The van der Waals surface area contributed by atoms with Crippen molar-refractivity contribution >= 4 is 23.4 Å². The molecular formula is C33H54N6O3. The SMILES string of the molecule is CC(=O)N[C@H]1CC[C@@H](N(C)c2cc(C3CCC(CN(C)C)NC3)cc(C(=O)NCC3C(=O)NC(C)CC3C)c2C)CC1. The molecule has 9 heteroatoms. The lowest BCUT2D eigenvalue weighted by Crippen LogP contribution is -2.50. The van der Waals surface area contributed by atoms with Crippen molar-refractivity contribution in [1.82, 2.24) is 26.2 Å². The Kier molecular flexibility index (Phi) is 10.9. The molecule has 234 valence electrons. The number of rotatable bonds is 9. The van der Waals surface area contributed by atoms with Crippen molar-refractivity contribution in [3.63, 3.8) is 0 Å². The van der Waals surface area contributed by atoms with Crippen LogP contribution in [0.1, 0.15) is 93.1 Å². The molecule has 1 aromatic rings. The Hall–Kier alpha value is -2.65. The van der Waals surface area contributed by atoms with Gasteiger partial charge < -0.3 is 31.1 Å². The highest BCUT2D eigenvalue weighted by atomic mass is 16.2. The molecule has 5 atom stereocenters. The molecule has 3 aliphatic rings. The molecule has 3 amide bonds. The summed E-state index contributed by atoms with van der Waals surface area (Å²) in [5, 5.41) is 13.0. The lowest BCUT2D eigenvalue weighted by Gasteiger charge is -2.38. The van der Waals surface area contributed by atoms with Crippen LogP contribution in [0.3, 0.4) is 0 Å². The number of likely N-dealkylation sites (N-methyl/N-ethyl adjacent to an activating group) is 1. The van der Waals surface area contributed by atoms with Crippen LogP contribution < -0.4 is 26.2 Å². The maximum absolute atomic E-state index is 13.8. The molecule has 1 aliphatic carbocycles. The van der Waals surface area contributed by atoms with Crippen LogP contribution >= 0.6 is 0 Å². The zero-order chi connectivity index (χ0) is 30.6. The fraction of sp³-hybridized carbons (Fsp3) is 0.727. The smallest absolute Gasteiger partial charge is 0.251 e. The van der Waals surface area contributed by atoms with Crippen molar-refractivity contribution in [3.8, 4) is 0 Å². The van der Waals surface area contributed by atoms with Gasteiger partial charge in [0.15, 0.2) is 0 Å². The Morgan fingerprint density at radius 1 is 1.02 bits per heavy atom. The van der Waals surface area contributed by atoms with Gasteiger partial charge in [-0.2, -0.15) is 0 Å². The van der Waals surface area contributed by atoms with Gasteiger partial charge in [-0.1, -0.05) is 6.92 Å². The Balaban J connectivity index is 1.55. The first kappa shape index (κ1) is 32.3. The first-order valence-corrected chi connectivity index (χ1v) is 16.0. The molecule has 3 fully saturated rings. The van der Waals surface area contributed by atoms with Crippen molar-refractivity contribution in [1.29, 1.82) is 0 Å². The maximum Gasteiger partial charge on any atom is 0.251 e. The molecule has 5 unspecified atom stereocenters. The summed E-state index contributed by atoms with van der Waals surface area (Å²) in [6.07, 6.45) is 7.01. The van der Waals surface area contributed by atoms with Crippen LogP contribution in [0.4, 0.5) is 5.69 Å². The summed E-state index contributed by atoms with van der Waals surface area (Å²) in [6.45, 7) is 10.0. The van der Waals surface area contributed by atoms with Crippen LogP contribution in [0.15, 0.2) is 12.1 Å². The van der Waals surface area contributed by atoms with E-state index < -0.39 is 0 Å². The molecule has 4 rings (SSSR count). The number of hydrogen-bond donors (Lipinski definition) is 4. The van der Waals surface area contributed by atoms with Crippen molar-refractivity contribution < 1.29 is 14.4 Å². The van der Waals surface area contributed by atoms with Gasteiger partial charge in [0.2, 0.25) is 11.8 Å². The van der Waals surface area contributed by atoms with E-state index in [1.165, 1.54) is 5.56 Å². The third-order valence-electron chi connectivity index (χ3n) is 9.87. The number of carbonyl (C=O) groups is 3. The number of amides is 3. The van der Waals surface area contributed by atoms with E-state index in [0.29, 0.717) is 30.1 Å². The number of hydrogen-bond acceptors (Lipinski definition) is 6. The Morgan fingerprint density at radius 2 is 1.74 bits per heavy atom. The van der Waals surface area contributed by atoms with Gasteiger partial charge in [0.1, 0.15) is 0 Å². The second kappa shape index (κ2) is 14.2. The van der Waals surface area contributed by atoms with Crippen LogP contribution in [-0.4, -0.2) is 87.6 Å². The third-order valence-corrected chi connectivity index (χ3v) is 9.87. The second-order valence-corrected chi connectivity index (χ2v) is 13.6. The average molecular weight is 583 g/mol. The monoisotopic (exact) mass is 582 g/mol. The van der Waals surface area contributed by atoms with Gasteiger partial charge in [-0.25, -0.2) is 0 Å². The first-order valence-electron chi connectivity index (χ1n) is 16.0. The molecule has 0 aromatic heterocycles. The van der Waals surface area contributed by atoms with Crippen LogP contribution in [-0.2, 0) is 9.59 Å². The molecule has 0 radical (unpaired) electrons. The van der Waals surface area contributed by atoms with Crippen LogP contribution in [0.5, 0.6) is 0 Å². The minimum atomic E-state index is -0.217. The third kappa shape index (κ3) is 8.04. The zero-order valence-electron chi connectivity index (χ0n) is 26.9. The number of anilines is 1. The highest BCUT2D eigenvalue weighted by Crippen LogP contribution is 2.35. The summed E-state index contributed by atoms with van der Waals surface area (Å²) in [5.74, 6) is 0.303. The summed E-state index contributed by atoms with van der Waals surface area (Å²) in [7, 11) is 6.38. The molecule has 2 aliphatic heterocycles. The van der Waals surface area contributed by atoms with Gasteiger partial charge in [0, 0.05) is 69.0 Å². The van der Waals surface area contributed by atoms with Gasteiger partial charge in [0.25, 0.3) is 5.91 Å². The normalized spacial score (nSPS) is 30.0. The van der Waals surface area contributed by atoms with E-state index >= 15 is 0 Å². The predicted molar refractivity (Wildman–Crippen MR) is 169 cm³/mol. The van der Waals surface area contributed by atoms with Crippen molar-refractivity contribution in [2.45, 2.75) is 103 Å². The lowest BCUT2D eigenvalue weighted by atomic mass is 9.84. The van der Waals surface area contributed by atoms with E-state index in [-0.39, 0.29) is 41.6 Å². The molecule has 0 spiro atoms. The molecule has 4 N–H and O–H groups in total. The zero-order valence-corrected chi connectivity index (χ0v) is 26.9. The number of nitrogens with one attached hydrogen (secondary N) is 4. The summed E-state index contributed by atoms with van der Waals surface area (Å²) >= 11 is 0. The molecule has 42 heavy (non-hydrogen) atoms. The van der Waals surface area contributed by atoms with E-state index in [1.54, 1.807) is 6.92 Å². The van der Waals surface area contributed by atoms with Gasteiger partial charge in [0.05, 0.1) is 5.92 Å². The fourth-order valence-corrected chi connectivity index (χ4v) is 7.43. The van der Waals surface area contributed by atoms with Gasteiger partial charge >= 0.3 is 0 Å². The average Bonchev–Trinajstić information content (AvgIpc) is 2.92.